The molecule has 0 aromatic heterocycles. The molecule has 2 atom stereocenters. The van der Waals surface area contributed by atoms with E-state index in [4.69, 9.17) is 14.2 Å². The van der Waals surface area contributed by atoms with Crippen molar-refractivity contribution in [3.63, 3.8) is 0 Å². The monoisotopic (exact) mass is 427 g/mol. The molecule has 1 aliphatic heterocycles. The number of nitrogens with zero attached hydrogens (tertiary/aromatic N) is 1. The Hall–Kier alpha value is -3.06. The number of hydrogen-bond acceptors (Lipinski definition) is 6. The summed E-state index contributed by atoms with van der Waals surface area (Å²) in [7, 11) is 0. The minimum absolute atomic E-state index is 0.0884. The van der Waals surface area contributed by atoms with E-state index >= 15 is 0 Å². The van der Waals surface area contributed by atoms with Crippen molar-refractivity contribution in [3.05, 3.63) is 65.2 Å². The molecule has 0 fully saturated rings. The first-order chi connectivity index (χ1) is 14.7. The van der Waals surface area contributed by atoms with Gasteiger partial charge in [-0.2, -0.15) is 0 Å². The predicted octanol–water partition coefficient (Wildman–Crippen LogP) is 4.51. The molecular formula is C24H29NO6. The summed E-state index contributed by atoms with van der Waals surface area (Å²) in [6.45, 7) is 8.03. The topological polar surface area (TPSA) is 85.3 Å². The first kappa shape index (κ1) is 22.6. The van der Waals surface area contributed by atoms with E-state index in [9.17, 15) is 14.7 Å². The summed E-state index contributed by atoms with van der Waals surface area (Å²) in [5, 5.41) is 9.61. The summed E-state index contributed by atoms with van der Waals surface area (Å²) in [5.41, 5.74) is 1.78. The van der Waals surface area contributed by atoms with Crippen molar-refractivity contribution >= 4 is 12.1 Å². The van der Waals surface area contributed by atoms with Crippen LogP contribution in [0.1, 0.15) is 56.6 Å². The van der Waals surface area contributed by atoms with Gasteiger partial charge >= 0.3 is 12.1 Å². The largest absolute Gasteiger partial charge is 0.508 e. The maximum Gasteiger partial charge on any atom is 0.410 e. The summed E-state index contributed by atoms with van der Waals surface area (Å²) in [6.07, 6.45) is -1.99. The van der Waals surface area contributed by atoms with Crippen LogP contribution in [-0.2, 0) is 25.5 Å². The van der Waals surface area contributed by atoms with Crippen LogP contribution in [-0.4, -0.2) is 40.8 Å². The van der Waals surface area contributed by atoms with E-state index in [0.717, 1.165) is 11.1 Å². The van der Waals surface area contributed by atoms with Crippen LogP contribution in [0, 0.1) is 0 Å². The number of phenols is 1. The molecule has 1 heterocycles. The quantitative estimate of drug-likeness (QED) is 0.707. The number of carbonyl (C=O) groups excluding carboxylic acids is 2. The van der Waals surface area contributed by atoms with Gasteiger partial charge in [-0.15, -0.1) is 0 Å². The van der Waals surface area contributed by atoms with E-state index in [1.165, 1.54) is 12.1 Å². The molecule has 2 aromatic carbocycles. The molecular weight excluding hydrogens is 398 g/mol. The van der Waals surface area contributed by atoms with Crippen LogP contribution in [0.2, 0.25) is 0 Å². The molecule has 1 aliphatic rings. The lowest BCUT2D eigenvalue weighted by Gasteiger charge is -2.36. The van der Waals surface area contributed by atoms with Gasteiger partial charge in [-0.25, -0.2) is 9.59 Å². The fourth-order valence-corrected chi connectivity index (χ4v) is 3.44. The fourth-order valence-electron chi connectivity index (χ4n) is 3.44. The van der Waals surface area contributed by atoms with Gasteiger partial charge in [-0.05, 0) is 56.5 Å². The van der Waals surface area contributed by atoms with Crippen molar-refractivity contribution in [2.45, 2.75) is 52.0 Å². The Morgan fingerprint density at radius 1 is 1.13 bits per heavy atom. The Kier molecular flexibility index (Phi) is 6.85. The Labute approximate surface area is 182 Å². The van der Waals surface area contributed by atoms with Gasteiger partial charge < -0.3 is 24.2 Å². The van der Waals surface area contributed by atoms with Crippen molar-refractivity contribution in [1.82, 2.24) is 4.90 Å². The number of phenolic OH excluding ortho intramolecular Hbond substituents is 1. The standard InChI is InChI=1S/C24H29NO6/c1-5-29-22(27)21(16-10-12-18(26)13-11-16)30-20-15-25(23(28)31-24(2,3)4)14-17-8-6-7-9-19(17)20/h6-13,20-21,26H,5,14-15H2,1-4H3. The zero-order valence-electron chi connectivity index (χ0n) is 18.3. The lowest BCUT2D eigenvalue weighted by molar-refractivity contribution is -0.163. The Morgan fingerprint density at radius 3 is 2.45 bits per heavy atom. The molecule has 7 nitrogen and oxygen atoms in total. The van der Waals surface area contributed by atoms with Gasteiger partial charge in [0.25, 0.3) is 0 Å². The van der Waals surface area contributed by atoms with Gasteiger partial charge in [-0.3, -0.25) is 0 Å². The van der Waals surface area contributed by atoms with Crippen LogP contribution in [0.5, 0.6) is 5.75 Å². The maximum atomic E-state index is 12.7. The van der Waals surface area contributed by atoms with Gasteiger partial charge in [0.1, 0.15) is 17.5 Å². The second kappa shape index (κ2) is 9.39. The summed E-state index contributed by atoms with van der Waals surface area (Å²) in [5.74, 6) is -0.439. The maximum absolute atomic E-state index is 12.7. The molecule has 1 amide bonds. The van der Waals surface area contributed by atoms with Gasteiger partial charge in [0.2, 0.25) is 0 Å². The second-order valence-electron chi connectivity index (χ2n) is 8.41. The van der Waals surface area contributed by atoms with Crippen molar-refractivity contribution in [2.75, 3.05) is 13.2 Å². The molecule has 166 valence electrons. The first-order valence-electron chi connectivity index (χ1n) is 10.3. The SMILES string of the molecule is CCOC(=O)C(OC1CN(C(=O)OC(C)(C)C)Cc2ccccc21)c1ccc(O)cc1. The molecule has 0 saturated carbocycles. The highest BCUT2D eigenvalue weighted by Gasteiger charge is 2.35. The van der Waals surface area contributed by atoms with Crippen LogP contribution in [0.3, 0.4) is 0 Å². The molecule has 2 unspecified atom stereocenters. The van der Waals surface area contributed by atoms with Gasteiger partial charge in [0.15, 0.2) is 6.10 Å². The lowest BCUT2D eigenvalue weighted by atomic mass is 9.97. The summed E-state index contributed by atoms with van der Waals surface area (Å²) >= 11 is 0. The van der Waals surface area contributed by atoms with Crippen molar-refractivity contribution in [1.29, 1.82) is 0 Å². The van der Waals surface area contributed by atoms with Gasteiger partial charge in [0, 0.05) is 6.54 Å². The number of benzene rings is 2. The van der Waals surface area contributed by atoms with E-state index in [1.54, 1.807) is 24.0 Å². The third-order valence-electron chi connectivity index (χ3n) is 4.80. The van der Waals surface area contributed by atoms with Crippen LogP contribution in [0.15, 0.2) is 48.5 Å². The third kappa shape index (κ3) is 5.76. The van der Waals surface area contributed by atoms with Crippen molar-refractivity contribution in [3.8, 4) is 5.75 Å². The molecule has 3 rings (SSSR count). The van der Waals surface area contributed by atoms with Crippen LogP contribution < -0.4 is 0 Å². The highest BCUT2D eigenvalue weighted by atomic mass is 16.6. The molecule has 0 saturated heterocycles. The second-order valence-corrected chi connectivity index (χ2v) is 8.41. The molecule has 1 N–H and O–H groups in total. The minimum atomic E-state index is -1.00. The smallest absolute Gasteiger partial charge is 0.410 e. The molecule has 0 bridgehead atoms. The molecule has 7 heteroatoms. The first-order valence-corrected chi connectivity index (χ1v) is 10.3. The zero-order valence-corrected chi connectivity index (χ0v) is 18.3. The summed E-state index contributed by atoms with van der Waals surface area (Å²) in [6, 6.07) is 13.9. The minimum Gasteiger partial charge on any atom is -0.508 e. The molecule has 0 radical (unpaired) electrons. The highest BCUT2D eigenvalue weighted by molar-refractivity contribution is 5.76. The molecule has 2 aromatic rings. The van der Waals surface area contributed by atoms with Crippen LogP contribution in [0.25, 0.3) is 0 Å². The third-order valence-corrected chi connectivity index (χ3v) is 4.80. The van der Waals surface area contributed by atoms with Crippen molar-refractivity contribution in [2.24, 2.45) is 0 Å². The summed E-state index contributed by atoms with van der Waals surface area (Å²) in [4.78, 5) is 27.0. The van der Waals surface area contributed by atoms with E-state index in [2.05, 4.69) is 0 Å². The number of fused-ring (bicyclic) bond motifs is 1. The molecule has 31 heavy (non-hydrogen) atoms. The molecule has 0 aliphatic carbocycles. The number of rotatable bonds is 5. The Balaban J connectivity index is 1.90. The van der Waals surface area contributed by atoms with E-state index in [-0.39, 0.29) is 18.9 Å². The van der Waals surface area contributed by atoms with E-state index < -0.39 is 29.9 Å². The van der Waals surface area contributed by atoms with Gasteiger partial charge in [0.05, 0.1) is 13.2 Å². The average molecular weight is 427 g/mol. The van der Waals surface area contributed by atoms with Crippen LogP contribution in [0.4, 0.5) is 4.79 Å². The number of esters is 1. The van der Waals surface area contributed by atoms with Crippen LogP contribution >= 0.6 is 0 Å². The highest BCUT2D eigenvalue weighted by Crippen LogP contribution is 2.35. The Bertz CT molecular complexity index is 918. The number of carbonyl (C=O) groups is 2. The average Bonchev–Trinajstić information content (AvgIpc) is 2.71. The Morgan fingerprint density at radius 2 is 1.81 bits per heavy atom. The van der Waals surface area contributed by atoms with Crippen molar-refractivity contribution < 1.29 is 28.9 Å². The summed E-state index contributed by atoms with van der Waals surface area (Å²) < 4.78 is 17.0. The fraction of sp³-hybridized carbons (Fsp3) is 0.417. The number of ether oxygens (including phenoxy) is 3. The van der Waals surface area contributed by atoms with E-state index in [1.807, 2.05) is 45.0 Å². The van der Waals surface area contributed by atoms with E-state index in [0.29, 0.717) is 12.1 Å². The molecule has 0 spiro atoms. The zero-order chi connectivity index (χ0) is 22.6. The lowest BCUT2D eigenvalue weighted by Crippen LogP contribution is -2.42. The predicted molar refractivity (Wildman–Crippen MR) is 114 cm³/mol. The van der Waals surface area contributed by atoms with Gasteiger partial charge in [-0.1, -0.05) is 36.4 Å². The normalized spacial score (nSPS) is 16.9. The number of hydrogen-bond donors (Lipinski definition) is 1. The number of aromatic hydroxyl groups is 1. The number of amides is 1.